The number of thiophene rings is 1. The van der Waals surface area contributed by atoms with Crippen molar-refractivity contribution in [2.45, 2.75) is 96.7 Å². The lowest BCUT2D eigenvalue weighted by Crippen LogP contribution is -2.57. The molecule has 7 rings (SSSR count). The van der Waals surface area contributed by atoms with Crippen LogP contribution in [0, 0.1) is 28.9 Å². The monoisotopic (exact) mass is 830 g/mol. The van der Waals surface area contributed by atoms with Crippen molar-refractivity contribution in [2.75, 3.05) is 43.1 Å². The molecule has 3 aliphatic rings. The highest BCUT2D eigenvalue weighted by molar-refractivity contribution is 7.23. The molecule has 0 radical (unpaired) electrons. The van der Waals surface area contributed by atoms with Crippen molar-refractivity contribution in [2.24, 2.45) is 5.92 Å². The molecule has 4 aromatic rings. The molecule has 2 atom stereocenters. The fourth-order valence-corrected chi connectivity index (χ4v) is 8.82. The van der Waals surface area contributed by atoms with Crippen molar-refractivity contribution in [3.05, 3.63) is 41.0 Å². The molecule has 2 amide bonds. The topological polar surface area (TPSA) is 139 Å². The zero-order valence-corrected chi connectivity index (χ0v) is 33.6. The van der Waals surface area contributed by atoms with Gasteiger partial charge in [0, 0.05) is 42.6 Å². The molecular weight excluding hydrogens is 788 g/mol. The van der Waals surface area contributed by atoms with Crippen LogP contribution in [-0.4, -0.2) is 83.3 Å². The Morgan fingerprint density at radius 3 is 2.24 bits per heavy atom. The third-order valence-corrected chi connectivity index (χ3v) is 11.3. The second-order valence-electron chi connectivity index (χ2n) is 16.7. The van der Waals surface area contributed by atoms with E-state index in [0.29, 0.717) is 50.2 Å². The fourth-order valence-electron chi connectivity index (χ4n) is 7.75. The number of nitrogens with zero attached hydrogens (tertiary/aromatic N) is 5. The second kappa shape index (κ2) is 15.3. The van der Waals surface area contributed by atoms with E-state index in [1.807, 2.05) is 6.07 Å². The minimum atomic E-state index is -5.17. The highest BCUT2D eigenvalue weighted by atomic mass is 32.1. The lowest BCUT2D eigenvalue weighted by Gasteiger charge is -2.42. The second-order valence-corrected chi connectivity index (χ2v) is 17.7. The Morgan fingerprint density at radius 1 is 0.983 bits per heavy atom. The van der Waals surface area contributed by atoms with E-state index in [9.17, 15) is 14.9 Å². The molecule has 0 spiro atoms. The number of piperazine rings is 1. The first-order valence-corrected chi connectivity index (χ1v) is 19.8. The average Bonchev–Trinajstić information content (AvgIpc) is 3.63. The summed E-state index contributed by atoms with van der Waals surface area (Å²) >= 11 is 0.605. The number of anilines is 2. The van der Waals surface area contributed by atoms with Gasteiger partial charge >= 0.3 is 24.4 Å². The van der Waals surface area contributed by atoms with E-state index in [-0.39, 0.29) is 75.6 Å². The molecule has 3 fully saturated rings. The molecule has 0 aliphatic carbocycles. The molecule has 2 aromatic carbocycles. The van der Waals surface area contributed by atoms with Crippen LogP contribution in [0.25, 0.3) is 32.1 Å². The minimum absolute atomic E-state index is 0.00925. The summed E-state index contributed by atoms with van der Waals surface area (Å²) in [5.74, 6) is -2.24. The van der Waals surface area contributed by atoms with Gasteiger partial charge in [-0.25, -0.2) is 18.4 Å². The molecule has 2 bridgehead atoms. The maximum absolute atomic E-state index is 17.4. The molecule has 5 heterocycles. The van der Waals surface area contributed by atoms with Gasteiger partial charge < -0.3 is 23.8 Å². The third kappa shape index (κ3) is 8.28. The van der Waals surface area contributed by atoms with Crippen LogP contribution in [0.4, 0.5) is 42.4 Å². The maximum Gasteiger partial charge on any atom is 0.417 e. The van der Waals surface area contributed by atoms with Crippen LogP contribution >= 0.6 is 11.3 Å². The van der Waals surface area contributed by atoms with Crippen LogP contribution in [0.3, 0.4) is 0 Å². The van der Waals surface area contributed by atoms with Gasteiger partial charge in [-0.1, -0.05) is 6.07 Å². The van der Waals surface area contributed by atoms with Crippen molar-refractivity contribution in [1.29, 1.82) is 5.26 Å². The molecule has 310 valence electrons. The van der Waals surface area contributed by atoms with E-state index in [1.165, 1.54) is 0 Å². The smallest absolute Gasteiger partial charge is 0.417 e. The zero-order valence-electron chi connectivity index (χ0n) is 32.8. The van der Waals surface area contributed by atoms with E-state index >= 15 is 22.0 Å². The lowest BCUT2D eigenvalue weighted by atomic mass is 9.92. The predicted octanol–water partition coefficient (Wildman–Crippen LogP) is 9.42. The van der Waals surface area contributed by atoms with Gasteiger partial charge in [-0.3, -0.25) is 10.2 Å². The fraction of sp³-hybridized carbons (Fsp3) is 0.525. The molecule has 18 heteroatoms. The Labute approximate surface area is 335 Å². The molecule has 12 nitrogen and oxygen atoms in total. The Bertz CT molecular complexity index is 2300. The molecule has 3 saturated heterocycles. The molecule has 0 unspecified atom stereocenters. The number of nitriles is 1. The Kier molecular flexibility index (Phi) is 10.9. The predicted molar refractivity (Wildman–Crippen MR) is 206 cm³/mol. The van der Waals surface area contributed by atoms with Gasteiger partial charge in [0.25, 0.3) is 0 Å². The average molecular weight is 831 g/mol. The third-order valence-electron chi connectivity index (χ3n) is 10.2. The van der Waals surface area contributed by atoms with Gasteiger partial charge in [-0.15, -0.1) is 11.3 Å². The summed E-state index contributed by atoms with van der Waals surface area (Å²) in [4.78, 5) is 38.3. The molecule has 0 saturated carbocycles. The standard InChI is InChI=1S/C40H43F5N6O6S/c1-38(2,3)56-36(52)49-34-25(16-46)28-23(9-10-27(41)32(28)58-34)29-26(40(43,44)45)15-24-31(30(29)42)47-35(55-19-20-11-13-54-14-12-20)48-33(24)50-17-21-7-8-22(18-50)51(21)37(53)57-39(4,5)6/h9-10,15,20-22H,7-8,11-14,17-19H2,1-6H3,(H,49,52)/t21-,22+. The van der Waals surface area contributed by atoms with Gasteiger partial charge in [-0.2, -0.15) is 28.4 Å². The summed E-state index contributed by atoms with van der Waals surface area (Å²) in [6.07, 6.45) is -4.05. The number of rotatable bonds is 6. The van der Waals surface area contributed by atoms with Crippen LogP contribution in [0.5, 0.6) is 6.01 Å². The molecule has 58 heavy (non-hydrogen) atoms. The number of carbonyl (C=O) groups excluding carboxylic acids is 2. The van der Waals surface area contributed by atoms with E-state index in [1.54, 1.807) is 51.3 Å². The van der Waals surface area contributed by atoms with E-state index < -0.39 is 63.4 Å². The summed E-state index contributed by atoms with van der Waals surface area (Å²) in [5.41, 5.74) is -5.40. The summed E-state index contributed by atoms with van der Waals surface area (Å²) in [6.45, 7) is 11.6. The number of hydrogen-bond donors (Lipinski definition) is 1. The first-order chi connectivity index (χ1) is 27.2. The number of halogens is 5. The number of aromatic nitrogens is 2. The highest BCUT2D eigenvalue weighted by Gasteiger charge is 2.46. The van der Waals surface area contributed by atoms with Crippen LogP contribution in [0.2, 0.25) is 0 Å². The van der Waals surface area contributed by atoms with Crippen molar-refractivity contribution in [3.8, 4) is 23.2 Å². The van der Waals surface area contributed by atoms with E-state index in [0.717, 1.165) is 18.2 Å². The normalized spacial score (nSPS) is 19.1. The van der Waals surface area contributed by atoms with Gasteiger partial charge in [0.1, 0.15) is 39.4 Å². The first kappa shape index (κ1) is 41.2. The Hall–Kier alpha value is -5.02. The Morgan fingerprint density at radius 2 is 1.64 bits per heavy atom. The summed E-state index contributed by atoms with van der Waals surface area (Å²) in [7, 11) is 0. The van der Waals surface area contributed by atoms with Crippen molar-refractivity contribution >= 4 is 55.3 Å². The number of fused-ring (bicyclic) bond motifs is 4. The van der Waals surface area contributed by atoms with Crippen LogP contribution < -0.4 is 15.0 Å². The van der Waals surface area contributed by atoms with Crippen molar-refractivity contribution < 1.29 is 50.5 Å². The summed E-state index contributed by atoms with van der Waals surface area (Å²) < 4.78 is 101. The molecular formula is C40H43F5N6O6S. The number of nitrogens with one attached hydrogen (secondary N) is 1. The number of carbonyl (C=O) groups is 2. The number of hydrogen-bond acceptors (Lipinski definition) is 11. The maximum atomic E-state index is 17.4. The van der Waals surface area contributed by atoms with Crippen molar-refractivity contribution in [1.82, 2.24) is 14.9 Å². The van der Waals surface area contributed by atoms with Gasteiger partial charge in [-0.05, 0) is 90.8 Å². The quantitative estimate of drug-likeness (QED) is 0.187. The van der Waals surface area contributed by atoms with Gasteiger partial charge in [0.2, 0.25) is 0 Å². The highest BCUT2D eigenvalue weighted by Crippen LogP contribution is 2.49. The van der Waals surface area contributed by atoms with Crippen LogP contribution in [-0.2, 0) is 20.4 Å². The van der Waals surface area contributed by atoms with Gasteiger partial charge in [0.15, 0.2) is 5.82 Å². The molecule has 3 aliphatic heterocycles. The zero-order chi connectivity index (χ0) is 41.9. The molecule has 2 aromatic heterocycles. The van der Waals surface area contributed by atoms with Crippen LogP contribution in [0.1, 0.15) is 78.4 Å². The number of ether oxygens (including phenoxy) is 4. The van der Waals surface area contributed by atoms with E-state index in [4.69, 9.17) is 18.9 Å². The number of amides is 2. The first-order valence-electron chi connectivity index (χ1n) is 19.0. The SMILES string of the molecule is CC(C)(C)OC(=O)Nc1sc2c(F)ccc(-c3c(C(F)(F)F)cc4c(N5C[C@H]6CC[C@@H](C5)N6C(=O)OC(C)(C)C)nc(OCC5CCOCC5)nc4c3F)c2c1C#N. The summed E-state index contributed by atoms with van der Waals surface area (Å²) in [6, 6.07) is 3.48. The number of alkyl halides is 3. The minimum Gasteiger partial charge on any atom is -0.463 e. The molecule has 1 N–H and O–H groups in total. The Balaban J connectivity index is 1.39. The lowest BCUT2D eigenvalue weighted by molar-refractivity contribution is -0.137. The van der Waals surface area contributed by atoms with Gasteiger partial charge in [0.05, 0.1) is 34.5 Å². The van der Waals surface area contributed by atoms with Crippen molar-refractivity contribution in [3.63, 3.8) is 0 Å². The summed E-state index contributed by atoms with van der Waals surface area (Å²) in [5, 5.41) is 11.9. The van der Waals surface area contributed by atoms with E-state index in [2.05, 4.69) is 15.3 Å². The largest absolute Gasteiger partial charge is 0.463 e. The number of benzene rings is 2. The van der Waals surface area contributed by atoms with Crippen LogP contribution in [0.15, 0.2) is 18.2 Å².